The topological polar surface area (TPSA) is 73.3 Å². The summed E-state index contributed by atoms with van der Waals surface area (Å²) in [5.74, 6) is 0.796. The van der Waals surface area contributed by atoms with E-state index in [2.05, 4.69) is 5.10 Å². The van der Waals surface area contributed by atoms with Gasteiger partial charge in [-0.05, 0) is 6.07 Å². The third kappa shape index (κ3) is 2.01. The lowest BCUT2D eigenvalue weighted by atomic mass is 10.1. The molecule has 0 fully saturated rings. The fraction of sp³-hybridized carbons (Fsp3) is 0.182. The van der Waals surface area contributed by atoms with Gasteiger partial charge in [-0.2, -0.15) is 5.10 Å². The monoisotopic (exact) mass is 253 g/mol. The zero-order valence-electron chi connectivity index (χ0n) is 9.44. The lowest BCUT2D eigenvalue weighted by Crippen LogP contribution is -1.96. The summed E-state index contributed by atoms with van der Waals surface area (Å²) in [4.78, 5) is 0. The normalized spacial score (nSPS) is 10.5. The van der Waals surface area contributed by atoms with Gasteiger partial charge < -0.3 is 15.6 Å². The highest BCUT2D eigenvalue weighted by molar-refractivity contribution is 6.31. The Morgan fingerprint density at radius 1 is 1.41 bits per heavy atom. The third-order valence-corrected chi connectivity index (χ3v) is 2.67. The first kappa shape index (κ1) is 11.6. The number of aromatic hydroxyl groups is 1. The number of aromatic nitrogens is 2. The molecule has 2 aromatic rings. The molecular formula is C11H12ClN3O2. The minimum atomic E-state index is -0.00463. The lowest BCUT2D eigenvalue weighted by molar-refractivity contribution is 0.374. The number of aryl methyl sites for hydroxylation is 1. The molecule has 2 rings (SSSR count). The Labute approximate surface area is 103 Å². The predicted molar refractivity (Wildman–Crippen MR) is 66.3 cm³/mol. The minimum Gasteiger partial charge on any atom is -0.504 e. The molecule has 17 heavy (non-hydrogen) atoms. The van der Waals surface area contributed by atoms with E-state index in [9.17, 15) is 5.11 Å². The van der Waals surface area contributed by atoms with Crippen molar-refractivity contribution in [2.45, 2.75) is 0 Å². The first-order valence-electron chi connectivity index (χ1n) is 4.89. The van der Waals surface area contributed by atoms with E-state index in [1.807, 2.05) is 0 Å². The van der Waals surface area contributed by atoms with Crippen LogP contribution in [-0.4, -0.2) is 22.0 Å². The van der Waals surface area contributed by atoms with Crippen LogP contribution in [0, 0.1) is 0 Å². The highest BCUT2D eigenvalue weighted by Gasteiger charge is 2.14. The number of methoxy groups -OCH3 is 1. The first-order chi connectivity index (χ1) is 8.02. The Balaban J connectivity index is 2.62. The van der Waals surface area contributed by atoms with Gasteiger partial charge in [0.2, 0.25) is 0 Å². The Morgan fingerprint density at radius 2 is 2.12 bits per heavy atom. The molecule has 0 aliphatic carbocycles. The van der Waals surface area contributed by atoms with Gasteiger partial charge in [0, 0.05) is 29.8 Å². The first-order valence-corrected chi connectivity index (χ1v) is 5.27. The molecule has 0 amide bonds. The minimum absolute atomic E-state index is 0.00463. The van der Waals surface area contributed by atoms with Crippen molar-refractivity contribution in [1.29, 1.82) is 0 Å². The third-order valence-electron chi connectivity index (χ3n) is 2.45. The number of benzene rings is 1. The number of phenols is 1. The summed E-state index contributed by atoms with van der Waals surface area (Å²) in [5, 5.41) is 14.6. The number of nitrogens with zero attached hydrogens (tertiary/aromatic N) is 2. The van der Waals surface area contributed by atoms with Crippen LogP contribution in [-0.2, 0) is 7.05 Å². The highest BCUT2D eigenvalue weighted by Crippen LogP contribution is 2.39. The molecule has 1 aromatic carbocycles. The Kier molecular flexibility index (Phi) is 2.85. The molecular weight excluding hydrogens is 242 g/mol. The summed E-state index contributed by atoms with van der Waals surface area (Å²) >= 11 is 5.94. The van der Waals surface area contributed by atoms with E-state index in [-0.39, 0.29) is 5.75 Å². The fourth-order valence-corrected chi connectivity index (χ4v) is 1.75. The average Bonchev–Trinajstić information content (AvgIpc) is 2.62. The Hall–Kier alpha value is -1.88. The molecule has 1 heterocycles. The quantitative estimate of drug-likeness (QED) is 0.859. The standard InChI is InChI=1S/C11H12ClN3O2/c1-15-10(13)5-8(14-15)7-3-6(12)4-9(17-2)11(7)16/h3-5,16H,13H2,1-2H3. The summed E-state index contributed by atoms with van der Waals surface area (Å²) < 4.78 is 6.54. The van der Waals surface area contributed by atoms with Gasteiger partial charge in [0.1, 0.15) is 5.82 Å². The van der Waals surface area contributed by atoms with Gasteiger partial charge in [-0.15, -0.1) is 0 Å². The second kappa shape index (κ2) is 4.18. The molecule has 5 nitrogen and oxygen atoms in total. The molecule has 0 saturated heterocycles. The molecule has 0 radical (unpaired) electrons. The maximum absolute atomic E-state index is 9.99. The largest absolute Gasteiger partial charge is 0.504 e. The van der Waals surface area contributed by atoms with Crippen LogP contribution >= 0.6 is 11.6 Å². The van der Waals surface area contributed by atoms with E-state index in [4.69, 9.17) is 22.1 Å². The summed E-state index contributed by atoms with van der Waals surface area (Å²) in [7, 11) is 3.18. The Bertz CT molecular complexity index is 547. The van der Waals surface area contributed by atoms with Gasteiger partial charge in [0.15, 0.2) is 11.5 Å². The number of halogens is 1. The summed E-state index contributed by atoms with van der Waals surface area (Å²) in [5.41, 5.74) is 6.72. The van der Waals surface area contributed by atoms with Crippen LogP contribution in [0.5, 0.6) is 11.5 Å². The molecule has 0 aliphatic heterocycles. The van der Waals surface area contributed by atoms with Crippen molar-refractivity contribution in [3.8, 4) is 22.8 Å². The summed E-state index contributed by atoms with van der Waals surface area (Å²) in [6.07, 6.45) is 0. The van der Waals surface area contributed by atoms with Crippen LogP contribution in [0.2, 0.25) is 5.02 Å². The number of anilines is 1. The van der Waals surface area contributed by atoms with Crippen LogP contribution in [0.1, 0.15) is 0 Å². The van der Waals surface area contributed by atoms with E-state index in [1.54, 1.807) is 19.2 Å². The van der Waals surface area contributed by atoms with Gasteiger partial charge in [-0.25, -0.2) is 0 Å². The molecule has 0 aliphatic rings. The number of hydrogen-bond acceptors (Lipinski definition) is 4. The van der Waals surface area contributed by atoms with Gasteiger partial charge in [-0.3, -0.25) is 4.68 Å². The SMILES string of the molecule is COc1cc(Cl)cc(-c2cc(N)n(C)n2)c1O. The average molecular weight is 254 g/mol. The van der Waals surface area contributed by atoms with Crippen LogP contribution in [0.4, 0.5) is 5.82 Å². The Morgan fingerprint density at radius 3 is 2.65 bits per heavy atom. The van der Waals surface area contributed by atoms with Gasteiger partial charge in [-0.1, -0.05) is 11.6 Å². The van der Waals surface area contributed by atoms with Crippen LogP contribution < -0.4 is 10.5 Å². The second-order valence-electron chi connectivity index (χ2n) is 3.58. The number of phenolic OH excluding ortho intramolecular Hbond substituents is 1. The van der Waals surface area contributed by atoms with Crippen molar-refractivity contribution in [2.75, 3.05) is 12.8 Å². The lowest BCUT2D eigenvalue weighted by Gasteiger charge is -2.07. The maximum Gasteiger partial charge on any atom is 0.167 e. The number of rotatable bonds is 2. The van der Waals surface area contributed by atoms with Crippen molar-refractivity contribution in [1.82, 2.24) is 9.78 Å². The van der Waals surface area contributed by atoms with Crippen molar-refractivity contribution in [3.63, 3.8) is 0 Å². The van der Waals surface area contributed by atoms with Gasteiger partial charge >= 0.3 is 0 Å². The van der Waals surface area contributed by atoms with E-state index in [1.165, 1.54) is 17.9 Å². The molecule has 0 atom stereocenters. The van der Waals surface area contributed by atoms with Gasteiger partial charge in [0.25, 0.3) is 0 Å². The molecule has 0 unspecified atom stereocenters. The van der Waals surface area contributed by atoms with Crippen LogP contribution in [0.3, 0.4) is 0 Å². The number of nitrogen functional groups attached to an aromatic ring is 1. The molecule has 0 saturated carbocycles. The van der Waals surface area contributed by atoms with Crippen molar-refractivity contribution < 1.29 is 9.84 Å². The number of hydrogen-bond donors (Lipinski definition) is 2. The molecule has 0 bridgehead atoms. The molecule has 90 valence electrons. The number of nitrogens with two attached hydrogens (primary N) is 1. The van der Waals surface area contributed by atoms with Gasteiger partial charge in [0.05, 0.1) is 12.8 Å². The second-order valence-corrected chi connectivity index (χ2v) is 4.02. The number of ether oxygens (including phenoxy) is 1. The zero-order valence-corrected chi connectivity index (χ0v) is 10.2. The van der Waals surface area contributed by atoms with Crippen molar-refractivity contribution >= 4 is 17.4 Å². The van der Waals surface area contributed by atoms with Crippen LogP contribution in [0.15, 0.2) is 18.2 Å². The van der Waals surface area contributed by atoms with Crippen LogP contribution in [0.25, 0.3) is 11.3 Å². The van der Waals surface area contributed by atoms with E-state index >= 15 is 0 Å². The summed E-state index contributed by atoms with van der Waals surface area (Å²) in [6.45, 7) is 0. The maximum atomic E-state index is 9.99. The van der Waals surface area contributed by atoms with E-state index in [0.717, 1.165) is 0 Å². The van der Waals surface area contributed by atoms with Crippen molar-refractivity contribution in [3.05, 3.63) is 23.2 Å². The zero-order chi connectivity index (χ0) is 12.6. The van der Waals surface area contributed by atoms with E-state index < -0.39 is 0 Å². The fourth-order valence-electron chi connectivity index (χ4n) is 1.54. The molecule has 0 spiro atoms. The summed E-state index contributed by atoms with van der Waals surface area (Å²) in [6, 6.07) is 4.80. The molecule has 3 N–H and O–H groups in total. The smallest absolute Gasteiger partial charge is 0.167 e. The van der Waals surface area contributed by atoms with E-state index in [0.29, 0.717) is 27.8 Å². The highest BCUT2D eigenvalue weighted by atomic mass is 35.5. The molecule has 1 aromatic heterocycles. The molecule has 6 heteroatoms. The van der Waals surface area contributed by atoms with Crippen molar-refractivity contribution in [2.24, 2.45) is 7.05 Å². The predicted octanol–water partition coefficient (Wildman–Crippen LogP) is 2.04.